The maximum absolute atomic E-state index is 13.9. The summed E-state index contributed by atoms with van der Waals surface area (Å²) in [5.74, 6) is 0.803. The van der Waals surface area contributed by atoms with E-state index in [-0.39, 0.29) is 17.2 Å². The monoisotopic (exact) mass is 531 g/mol. The van der Waals surface area contributed by atoms with E-state index in [4.69, 9.17) is 9.72 Å². The Morgan fingerprint density at radius 2 is 1.81 bits per heavy atom. The van der Waals surface area contributed by atoms with Crippen LogP contribution in [0.2, 0.25) is 0 Å². The van der Waals surface area contributed by atoms with Crippen LogP contribution in [0.25, 0.3) is 0 Å². The van der Waals surface area contributed by atoms with Crippen LogP contribution >= 0.6 is 11.9 Å². The highest BCUT2D eigenvalue weighted by Gasteiger charge is 2.29. The van der Waals surface area contributed by atoms with Crippen molar-refractivity contribution in [2.75, 3.05) is 31.6 Å². The van der Waals surface area contributed by atoms with E-state index in [9.17, 15) is 9.59 Å². The zero-order valence-electron chi connectivity index (χ0n) is 24.0. The summed E-state index contributed by atoms with van der Waals surface area (Å²) in [4.78, 5) is 37.5. The summed E-state index contributed by atoms with van der Waals surface area (Å²) in [6.07, 6.45) is 6.71. The molecule has 9 heteroatoms. The first-order valence-electron chi connectivity index (χ1n) is 13.5. The van der Waals surface area contributed by atoms with Crippen LogP contribution in [0.3, 0.4) is 0 Å². The minimum absolute atomic E-state index is 0.0126. The predicted octanol–water partition coefficient (Wildman–Crippen LogP) is 5.93. The first kappa shape index (κ1) is 29.3. The lowest BCUT2D eigenvalue weighted by Crippen LogP contribution is -2.37. The molecule has 0 bridgehead atoms. The number of carbonyl (C=O) groups excluding carboxylic acids is 2. The van der Waals surface area contributed by atoms with E-state index in [0.29, 0.717) is 22.9 Å². The molecule has 2 fully saturated rings. The van der Waals surface area contributed by atoms with Crippen molar-refractivity contribution in [3.63, 3.8) is 0 Å². The largest absolute Gasteiger partial charge is 0.444 e. The van der Waals surface area contributed by atoms with Gasteiger partial charge in [-0.3, -0.25) is 4.79 Å². The molecule has 0 aliphatic carbocycles. The van der Waals surface area contributed by atoms with Crippen molar-refractivity contribution in [3.8, 4) is 0 Å². The molecule has 2 aliphatic rings. The van der Waals surface area contributed by atoms with Gasteiger partial charge in [0.15, 0.2) is 0 Å². The number of pyridine rings is 1. The van der Waals surface area contributed by atoms with E-state index in [1.807, 2.05) is 31.7 Å². The summed E-state index contributed by atoms with van der Waals surface area (Å²) in [5, 5.41) is 0. The Hall–Kier alpha value is -2.29. The first-order valence-corrected chi connectivity index (χ1v) is 14.3. The highest BCUT2D eigenvalue weighted by molar-refractivity contribution is 7.99. The van der Waals surface area contributed by atoms with Crippen molar-refractivity contribution >= 4 is 36.0 Å². The third-order valence-electron chi connectivity index (χ3n) is 6.45. The van der Waals surface area contributed by atoms with Gasteiger partial charge < -0.3 is 19.4 Å². The number of anilines is 1. The first-order chi connectivity index (χ1) is 17.2. The predicted molar refractivity (Wildman–Crippen MR) is 153 cm³/mol. The number of hydrogen-bond donors (Lipinski definition) is 0. The van der Waals surface area contributed by atoms with Crippen LogP contribution in [0.4, 0.5) is 10.6 Å². The molecule has 2 amide bonds. The average Bonchev–Trinajstić information content (AvgIpc) is 3.23. The Kier molecular flexibility index (Phi) is 9.53. The summed E-state index contributed by atoms with van der Waals surface area (Å²) < 4.78 is 10.2. The molecule has 1 aromatic rings. The van der Waals surface area contributed by atoms with Crippen molar-refractivity contribution in [1.29, 1.82) is 0 Å². The van der Waals surface area contributed by atoms with Crippen LogP contribution in [-0.4, -0.2) is 76.1 Å². The van der Waals surface area contributed by atoms with Crippen molar-refractivity contribution in [3.05, 3.63) is 22.9 Å². The van der Waals surface area contributed by atoms with Gasteiger partial charge in [-0.2, -0.15) is 0 Å². The van der Waals surface area contributed by atoms with Crippen LogP contribution in [0.15, 0.2) is 10.5 Å². The number of aromatic nitrogens is 1. The number of nitrogens with zero attached hydrogens (tertiary/aromatic N) is 5. The molecule has 0 radical (unpaired) electrons. The molecule has 3 rings (SSSR count). The quantitative estimate of drug-likeness (QED) is 0.334. The Bertz CT molecular complexity index is 993. The van der Waals surface area contributed by atoms with Crippen molar-refractivity contribution in [1.82, 2.24) is 14.8 Å². The van der Waals surface area contributed by atoms with Crippen molar-refractivity contribution < 1.29 is 14.3 Å². The van der Waals surface area contributed by atoms with Crippen LogP contribution in [-0.2, 0) is 11.3 Å². The molecule has 1 aromatic heterocycles. The summed E-state index contributed by atoms with van der Waals surface area (Å²) in [6.45, 7) is 16.7. The van der Waals surface area contributed by atoms with E-state index >= 15 is 0 Å². The molecule has 0 spiro atoms. The molecule has 2 saturated heterocycles. The lowest BCUT2D eigenvalue weighted by atomic mass is 10.0. The smallest absolute Gasteiger partial charge is 0.410 e. The fourth-order valence-electron chi connectivity index (χ4n) is 4.59. The topological polar surface area (TPSA) is 78.3 Å². The van der Waals surface area contributed by atoms with Gasteiger partial charge >= 0.3 is 6.09 Å². The van der Waals surface area contributed by atoms with E-state index in [2.05, 4.69) is 37.0 Å². The maximum Gasteiger partial charge on any atom is 0.410 e. The van der Waals surface area contributed by atoms with Crippen LogP contribution in [0.1, 0.15) is 102 Å². The third kappa shape index (κ3) is 8.35. The zero-order chi connectivity index (χ0) is 27.4. The van der Waals surface area contributed by atoms with Gasteiger partial charge in [-0.15, -0.1) is 0 Å². The van der Waals surface area contributed by atoms with Gasteiger partial charge in [0.05, 0.1) is 17.8 Å². The fourth-order valence-corrected chi connectivity index (χ4v) is 5.06. The molecule has 37 heavy (non-hydrogen) atoms. The zero-order valence-corrected chi connectivity index (χ0v) is 24.8. The molecule has 8 nitrogen and oxygen atoms in total. The second-order valence-electron chi connectivity index (χ2n) is 12.2. The molecular formula is C28H45N5O3S. The van der Waals surface area contributed by atoms with E-state index < -0.39 is 11.7 Å². The van der Waals surface area contributed by atoms with Gasteiger partial charge in [0.25, 0.3) is 5.91 Å². The summed E-state index contributed by atoms with van der Waals surface area (Å²) in [5.41, 5.74) is 1.34. The number of ether oxygens (including phenoxy) is 1. The lowest BCUT2D eigenvalue weighted by Gasteiger charge is -2.30. The Balaban J connectivity index is 2.09. The standard InChI is InChI=1S/C28H45N5O3S/c1-20-13-12-16-33(20)24-17-21(25(34)32-14-10-9-11-15-32)22(18-29-37-28(5,6)7)23(30-24)19-31(8)26(35)36-27(2,3)4/h17-18,20H,9-16,19H2,1-8H3. The number of hydrogen-bond acceptors (Lipinski definition) is 7. The molecule has 0 saturated carbocycles. The average molecular weight is 532 g/mol. The van der Waals surface area contributed by atoms with Crippen LogP contribution < -0.4 is 4.90 Å². The Morgan fingerprint density at radius 1 is 1.14 bits per heavy atom. The van der Waals surface area contributed by atoms with Gasteiger partial charge in [0.2, 0.25) is 0 Å². The van der Waals surface area contributed by atoms with Gasteiger partial charge in [-0.05, 0) is 98.6 Å². The normalized spacial score (nSPS) is 19.0. The molecule has 3 heterocycles. The van der Waals surface area contributed by atoms with Crippen molar-refractivity contribution in [2.45, 2.75) is 104 Å². The highest BCUT2D eigenvalue weighted by atomic mass is 32.2. The minimum Gasteiger partial charge on any atom is -0.444 e. The molecule has 206 valence electrons. The van der Waals surface area contributed by atoms with Gasteiger partial charge in [0.1, 0.15) is 11.4 Å². The van der Waals surface area contributed by atoms with Gasteiger partial charge in [0, 0.05) is 49.2 Å². The summed E-state index contributed by atoms with van der Waals surface area (Å²) in [6, 6.07) is 2.29. The lowest BCUT2D eigenvalue weighted by molar-refractivity contribution is 0.0283. The Labute approximate surface area is 227 Å². The van der Waals surface area contributed by atoms with Crippen LogP contribution in [0, 0.1) is 0 Å². The van der Waals surface area contributed by atoms with Crippen molar-refractivity contribution in [2.24, 2.45) is 4.40 Å². The third-order valence-corrected chi connectivity index (χ3v) is 7.20. The molecule has 2 aliphatic heterocycles. The highest BCUT2D eigenvalue weighted by Crippen LogP contribution is 2.30. The molecule has 0 aromatic carbocycles. The Morgan fingerprint density at radius 3 is 2.38 bits per heavy atom. The molecule has 1 atom stereocenters. The summed E-state index contributed by atoms with van der Waals surface area (Å²) >= 11 is 1.46. The molecular weight excluding hydrogens is 486 g/mol. The number of carbonyl (C=O) groups is 2. The number of rotatable bonds is 6. The van der Waals surface area contributed by atoms with Gasteiger partial charge in [-0.1, -0.05) is 0 Å². The SMILES string of the molecule is CC1CCCN1c1cc(C(=O)N2CCCCC2)c(C=NSC(C)(C)C)c(CN(C)C(=O)OC(C)(C)C)n1. The van der Waals surface area contributed by atoms with Gasteiger partial charge in [-0.25, -0.2) is 14.2 Å². The fraction of sp³-hybridized carbons (Fsp3) is 0.714. The van der Waals surface area contributed by atoms with E-state index in [1.165, 1.54) is 16.8 Å². The molecule has 1 unspecified atom stereocenters. The maximum atomic E-state index is 13.9. The summed E-state index contributed by atoms with van der Waals surface area (Å²) in [7, 11) is 1.71. The number of piperidine rings is 1. The minimum atomic E-state index is -0.603. The van der Waals surface area contributed by atoms with E-state index in [0.717, 1.165) is 57.6 Å². The number of amides is 2. The molecule has 0 N–H and O–H groups in total. The van der Waals surface area contributed by atoms with Crippen LogP contribution in [0.5, 0.6) is 0 Å². The number of likely N-dealkylation sites (tertiary alicyclic amines) is 1. The van der Waals surface area contributed by atoms with E-state index in [1.54, 1.807) is 13.3 Å². The second-order valence-corrected chi connectivity index (χ2v) is 13.8. The second kappa shape index (κ2) is 12.0.